The zero-order valence-corrected chi connectivity index (χ0v) is 25.4. The van der Waals surface area contributed by atoms with Gasteiger partial charge in [0.1, 0.15) is 24.2 Å². The van der Waals surface area contributed by atoms with E-state index in [0.29, 0.717) is 24.5 Å². The van der Waals surface area contributed by atoms with E-state index in [-0.39, 0.29) is 30.2 Å². The van der Waals surface area contributed by atoms with Gasteiger partial charge in [-0.15, -0.1) is 0 Å². The zero-order valence-electron chi connectivity index (χ0n) is 25.4. The lowest BCUT2D eigenvalue weighted by atomic mass is 9.99. The van der Waals surface area contributed by atoms with Crippen molar-refractivity contribution in [3.63, 3.8) is 0 Å². The normalized spacial score (nSPS) is 19.5. The highest BCUT2D eigenvalue weighted by molar-refractivity contribution is 5.78. The predicted molar refractivity (Wildman–Crippen MR) is 159 cm³/mol. The summed E-state index contributed by atoms with van der Waals surface area (Å²) in [5.41, 5.74) is 1.15. The molecule has 14 heteroatoms. The van der Waals surface area contributed by atoms with Crippen molar-refractivity contribution in [1.29, 1.82) is 0 Å². The maximum atomic E-state index is 13.3. The Labute approximate surface area is 262 Å². The fraction of sp³-hybridized carbons (Fsp3) is 0.438. The summed E-state index contributed by atoms with van der Waals surface area (Å²) in [6.45, 7) is 7.12. The first kappa shape index (κ1) is 33.1. The fourth-order valence-electron chi connectivity index (χ4n) is 5.66. The van der Waals surface area contributed by atoms with E-state index in [1.807, 2.05) is 12.1 Å². The molecule has 4 aromatic rings. The number of nitrogens with zero attached hydrogens (tertiary/aromatic N) is 4. The number of hydrogen-bond acceptors (Lipinski definition) is 9. The van der Waals surface area contributed by atoms with Crippen molar-refractivity contribution in [2.45, 2.75) is 44.5 Å². The Balaban J connectivity index is 0.000000463. The van der Waals surface area contributed by atoms with E-state index < -0.39 is 18.3 Å². The van der Waals surface area contributed by atoms with Gasteiger partial charge >= 0.3 is 12.1 Å². The molecular formula is C32H35F4N5O5. The van der Waals surface area contributed by atoms with Crippen LogP contribution in [0.2, 0.25) is 0 Å². The SMILES string of the molecule is CC(C)(c1ncc(-c2ccc(F)cc2)o1)N1CCN(C[C@@H]2CC(Cc3cc4ccncc4o3)C(=O)O2)CC1.O=CNCC(F)(F)F. The van der Waals surface area contributed by atoms with E-state index in [1.54, 1.807) is 30.7 Å². The third-order valence-corrected chi connectivity index (χ3v) is 8.15. The van der Waals surface area contributed by atoms with E-state index in [2.05, 4.69) is 33.6 Å². The lowest BCUT2D eigenvalue weighted by Gasteiger charge is -2.42. The number of ether oxygens (including phenoxy) is 1. The minimum Gasteiger partial charge on any atom is -0.461 e. The number of amides is 1. The number of piperazine rings is 1. The molecule has 1 N–H and O–H groups in total. The highest BCUT2D eigenvalue weighted by Crippen LogP contribution is 2.32. The van der Waals surface area contributed by atoms with Crippen molar-refractivity contribution in [3.05, 3.63) is 72.5 Å². The number of pyridine rings is 1. The maximum absolute atomic E-state index is 13.3. The van der Waals surface area contributed by atoms with Gasteiger partial charge in [-0.3, -0.25) is 24.4 Å². The van der Waals surface area contributed by atoms with Crippen LogP contribution in [-0.2, 0) is 26.3 Å². The molecule has 2 saturated heterocycles. The van der Waals surface area contributed by atoms with Crippen LogP contribution in [-0.4, -0.2) is 83.7 Å². The second-order valence-electron chi connectivity index (χ2n) is 11.8. The fourth-order valence-corrected chi connectivity index (χ4v) is 5.66. The molecule has 5 heterocycles. The number of oxazole rings is 1. The average molecular weight is 646 g/mol. The molecule has 0 aliphatic carbocycles. The predicted octanol–water partition coefficient (Wildman–Crippen LogP) is 4.94. The number of carbonyl (C=O) groups is 2. The van der Waals surface area contributed by atoms with E-state index in [9.17, 15) is 27.2 Å². The summed E-state index contributed by atoms with van der Waals surface area (Å²) in [4.78, 5) is 35.2. The molecule has 0 bridgehead atoms. The van der Waals surface area contributed by atoms with Crippen molar-refractivity contribution in [3.8, 4) is 11.3 Å². The van der Waals surface area contributed by atoms with Crippen LogP contribution in [0.1, 0.15) is 31.9 Å². The van der Waals surface area contributed by atoms with Gasteiger partial charge in [0.15, 0.2) is 11.3 Å². The number of cyclic esters (lactones) is 1. The molecule has 2 aliphatic heterocycles. The quantitative estimate of drug-likeness (QED) is 0.154. The van der Waals surface area contributed by atoms with Crippen molar-refractivity contribution >= 4 is 23.3 Å². The summed E-state index contributed by atoms with van der Waals surface area (Å²) in [6.07, 6.45) is 1.98. The first-order valence-electron chi connectivity index (χ1n) is 14.9. The van der Waals surface area contributed by atoms with Crippen molar-refractivity contribution in [2.75, 3.05) is 39.3 Å². The number of rotatable bonds is 9. The summed E-state index contributed by atoms with van der Waals surface area (Å²) in [6, 6.07) is 10.1. The molecule has 2 atom stereocenters. The van der Waals surface area contributed by atoms with E-state index >= 15 is 0 Å². The summed E-state index contributed by atoms with van der Waals surface area (Å²) in [7, 11) is 0. The third-order valence-electron chi connectivity index (χ3n) is 8.15. The van der Waals surface area contributed by atoms with Gasteiger partial charge in [0.25, 0.3) is 0 Å². The molecule has 46 heavy (non-hydrogen) atoms. The molecule has 1 aromatic carbocycles. The number of alkyl halides is 3. The summed E-state index contributed by atoms with van der Waals surface area (Å²) < 4.78 is 64.0. The van der Waals surface area contributed by atoms with Crippen molar-refractivity contribution in [2.24, 2.45) is 5.92 Å². The molecule has 1 unspecified atom stereocenters. The number of aromatic nitrogens is 2. The molecule has 6 rings (SSSR count). The van der Waals surface area contributed by atoms with Crippen LogP contribution in [0, 0.1) is 11.7 Å². The smallest absolute Gasteiger partial charge is 0.405 e. The molecule has 2 fully saturated rings. The maximum Gasteiger partial charge on any atom is 0.405 e. The van der Waals surface area contributed by atoms with Crippen LogP contribution in [0.15, 0.2) is 63.8 Å². The van der Waals surface area contributed by atoms with Crippen molar-refractivity contribution < 1.29 is 40.7 Å². The molecule has 3 aromatic heterocycles. The number of fused-ring (bicyclic) bond motifs is 1. The number of nitrogens with one attached hydrogen (secondary N) is 1. The van der Waals surface area contributed by atoms with Gasteiger partial charge in [0.2, 0.25) is 12.3 Å². The minimum absolute atomic E-state index is 0.00743. The number of esters is 1. The Kier molecular flexibility index (Phi) is 10.1. The average Bonchev–Trinajstić information content (AvgIpc) is 3.76. The van der Waals surface area contributed by atoms with Crippen LogP contribution in [0.25, 0.3) is 22.3 Å². The summed E-state index contributed by atoms with van der Waals surface area (Å²) in [5, 5.41) is 2.48. The molecule has 1 amide bonds. The molecule has 246 valence electrons. The lowest BCUT2D eigenvalue weighted by molar-refractivity contribution is -0.145. The Hall–Kier alpha value is -4.30. The highest BCUT2D eigenvalue weighted by Gasteiger charge is 2.39. The Bertz CT molecular complexity index is 1580. The summed E-state index contributed by atoms with van der Waals surface area (Å²) >= 11 is 0. The second-order valence-corrected chi connectivity index (χ2v) is 11.8. The molecule has 0 radical (unpaired) electrons. The van der Waals surface area contributed by atoms with Gasteiger partial charge in [0, 0.05) is 56.3 Å². The topological polar surface area (TPSA) is 114 Å². The van der Waals surface area contributed by atoms with Crippen LogP contribution in [0.3, 0.4) is 0 Å². The highest BCUT2D eigenvalue weighted by atomic mass is 19.4. The Morgan fingerprint density at radius 1 is 1.04 bits per heavy atom. The summed E-state index contributed by atoms with van der Waals surface area (Å²) in [5.74, 6) is 1.45. The molecular weight excluding hydrogens is 610 g/mol. The van der Waals surface area contributed by atoms with Crippen molar-refractivity contribution in [1.82, 2.24) is 25.1 Å². The molecule has 0 saturated carbocycles. The van der Waals surface area contributed by atoms with Crippen LogP contribution >= 0.6 is 0 Å². The number of halogens is 4. The molecule has 10 nitrogen and oxygen atoms in total. The van der Waals surface area contributed by atoms with Gasteiger partial charge in [0.05, 0.1) is 23.9 Å². The lowest BCUT2D eigenvalue weighted by Crippen LogP contribution is -2.54. The Morgan fingerprint density at radius 2 is 1.78 bits per heavy atom. The van der Waals surface area contributed by atoms with Gasteiger partial charge in [-0.25, -0.2) is 9.37 Å². The van der Waals surface area contributed by atoms with Gasteiger partial charge < -0.3 is 18.9 Å². The number of hydrogen-bond donors (Lipinski definition) is 1. The van der Waals surface area contributed by atoms with E-state index in [0.717, 1.165) is 55.0 Å². The van der Waals surface area contributed by atoms with Gasteiger partial charge in [-0.1, -0.05) is 0 Å². The third kappa shape index (κ3) is 8.29. The van der Waals surface area contributed by atoms with E-state index in [4.69, 9.17) is 13.6 Å². The standard InChI is InChI=1S/C29H31FN4O4.C3H4F3NO/c1-29(2,28-32-17-26(38-28)19-3-5-22(30)6-4-19)34-11-9-33(10-12-34)18-24-15-21(27(35)37-24)14-23-13-20-7-8-31-16-25(20)36-23;4-3(5,6)1-7-2-8/h3-8,13,16-17,21,24H,9-12,14-15,18H2,1-2H3;2H,1H2,(H,7,8)/t21?,24-;/m0./s1. The van der Waals surface area contributed by atoms with E-state index in [1.165, 1.54) is 17.4 Å². The minimum atomic E-state index is -4.29. The van der Waals surface area contributed by atoms with Crippen LogP contribution in [0.4, 0.5) is 17.6 Å². The number of benzene rings is 1. The number of furan rings is 1. The Morgan fingerprint density at radius 3 is 2.43 bits per heavy atom. The first-order valence-corrected chi connectivity index (χ1v) is 14.9. The zero-order chi connectivity index (χ0) is 32.9. The van der Waals surface area contributed by atoms with Gasteiger partial charge in [-0.2, -0.15) is 13.2 Å². The molecule has 0 spiro atoms. The largest absolute Gasteiger partial charge is 0.461 e. The van der Waals surface area contributed by atoms with Gasteiger partial charge in [-0.05, 0) is 56.7 Å². The molecule has 2 aliphatic rings. The second kappa shape index (κ2) is 14.0. The first-order chi connectivity index (χ1) is 21.9. The monoisotopic (exact) mass is 645 g/mol. The van der Waals surface area contributed by atoms with Crippen LogP contribution in [0.5, 0.6) is 0 Å². The van der Waals surface area contributed by atoms with Crippen LogP contribution < -0.4 is 5.32 Å². The number of carbonyl (C=O) groups excluding carboxylic acids is 2.